The zero-order chi connectivity index (χ0) is 14.0. The van der Waals surface area contributed by atoms with Crippen LogP contribution in [0.15, 0.2) is 31.0 Å². The number of allylic oxidation sites excluding steroid dienone is 1. The van der Waals surface area contributed by atoms with Crippen LogP contribution >= 0.6 is 0 Å². The van der Waals surface area contributed by atoms with Gasteiger partial charge in [0.1, 0.15) is 0 Å². The number of hydrogen-bond donors (Lipinski definition) is 0. The summed E-state index contributed by atoms with van der Waals surface area (Å²) < 4.78 is 6.23. The maximum atomic E-state index is 6.23. The van der Waals surface area contributed by atoms with Crippen molar-refractivity contribution >= 4 is 8.32 Å². The van der Waals surface area contributed by atoms with E-state index in [0.717, 1.165) is 12.8 Å². The van der Waals surface area contributed by atoms with Crippen LogP contribution in [-0.4, -0.2) is 14.4 Å². The van der Waals surface area contributed by atoms with Crippen molar-refractivity contribution in [3.8, 4) is 0 Å². The molecule has 0 aliphatic heterocycles. The molecule has 0 fully saturated rings. The first-order valence-corrected chi connectivity index (χ1v) is 10.5. The van der Waals surface area contributed by atoms with Gasteiger partial charge in [0.2, 0.25) is 0 Å². The lowest BCUT2D eigenvalue weighted by atomic mass is 9.94. The first-order valence-electron chi connectivity index (χ1n) is 7.07. The normalized spacial score (nSPS) is 14.7. The fourth-order valence-electron chi connectivity index (χ4n) is 2.12. The van der Waals surface area contributed by atoms with Gasteiger partial charge in [0.15, 0.2) is 8.32 Å². The Morgan fingerprint density at radius 2 is 2.00 bits per heavy atom. The first-order chi connectivity index (χ1) is 8.42. The van der Waals surface area contributed by atoms with Gasteiger partial charge in [-0.15, -0.1) is 12.3 Å². The van der Waals surface area contributed by atoms with Crippen LogP contribution in [0.25, 0.3) is 0 Å². The van der Waals surface area contributed by atoms with Gasteiger partial charge in [-0.3, -0.25) is 0 Å². The predicted octanol–water partition coefficient (Wildman–Crippen LogP) is 5.32. The molecule has 1 nitrogen and oxygen atoms in total. The predicted molar refractivity (Wildman–Crippen MR) is 84.4 cm³/mol. The van der Waals surface area contributed by atoms with E-state index in [-0.39, 0.29) is 0 Å². The van der Waals surface area contributed by atoms with Crippen molar-refractivity contribution in [3.05, 3.63) is 31.0 Å². The molecule has 0 spiro atoms. The number of unbranched alkanes of at least 4 members (excludes halogenated alkanes) is 1. The van der Waals surface area contributed by atoms with E-state index >= 15 is 0 Å². The third kappa shape index (κ3) is 9.47. The van der Waals surface area contributed by atoms with Crippen LogP contribution in [0.5, 0.6) is 0 Å². The molecular weight excluding hydrogens is 236 g/mol. The molecule has 0 saturated heterocycles. The van der Waals surface area contributed by atoms with Crippen molar-refractivity contribution in [2.45, 2.75) is 64.8 Å². The van der Waals surface area contributed by atoms with Crippen molar-refractivity contribution < 1.29 is 4.43 Å². The highest BCUT2D eigenvalue weighted by Gasteiger charge is 2.22. The van der Waals surface area contributed by atoms with Crippen molar-refractivity contribution in [1.29, 1.82) is 0 Å². The third-order valence-electron chi connectivity index (χ3n) is 2.80. The van der Waals surface area contributed by atoms with Gasteiger partial charge in [0, 0.05) is 6.10 Å². The molecule has 0 aliphatic rings. The summed E-state index contributed by atoms with van der Waals surface area (Å²) in [5.41, 5.74) is 2.94. The SMILES string of the molecule is C=C=CC(CCCC)CC(CC=C)O[Si](C)(C)C. The molecule has 0 N–H and O–H groups in total. The first kappa shape index (κ1) is 17.4. The van der Waals surface area contributed by atoms with Gasteiger partial charge in [-0.2, -0.15) is 0 Å². The minimum Gasteiger partial charge on any atom is -0.414 e. The van der Waals surface area contributed by atoms with Crippen molar-refractivity contribution in [2.75, 3.05) is 0 Å². The van der Waals surface area contributed by atoms with Crippen LogP contribution < -0.4 is 0 Å². The van der Waals surface area contributed by atoms with E-state index in [4.69, 9.17) is 4.43 Å². The molecule has 0 bridgehead atoms. The summed E-state index contributed by atoms with van der Waals surface area (Å²) in [5, 5.41) is 0. The highest BCUT2D eigenvalue weighted by molar-refractivity contribution is 6.69. The van der Waals surface area contributed by atoms with Gasteiger partial charge >= 0.3 is 0 Å². The van der Waals surface area contributed by atoms with Crippen LogP contribution in [0.4, 0.5) is 0 Å². The van der Waals surface area contributed by atoms with Gasteiger partial charge in [-0.1, -0.05) is 32.4 Å². The summed E-state index contributed by atoms with van der Waals surface area (Å²) in [6.45, 7) is 16.5. The second-order valence-electron chi connectivity index (χ2n) is 5.89. The maximum absolute atomic E-state index is 6.23. The molecule has 0 radical (unpaired) electrons. The quantitative estimate of drug-likeness (QED) is 0.295. The standard InChI is InChI=1S/C16H30OSi/c1-7-10-13-15(11-8-2)14-16(12-9-3)17-18(4,5)6/h9,11,15-16H,2-3,7,10,12-14H2,1,4-6H3. The van der Waals surface area contributed by atoms with E-state index in [1.165, 1.54) is 19.3 Å². The van der Waals surface area contributed by atoms with Gasteiger partial charge in [-0.05, 0) is 50.9 Å². The molecular formula is C16H30OSi. The Kier molecular flexibility index (Phi) is 9.08. The maximum Gasteiger partial charge on any atom is 0.184 e. The highest BCUT2D eigenvalue weighted by atomic mass is 28.4. The molecule has 0 amide bonds. The average Bonchev–Trinajstić information content (AvgIpc) is 2.24. The summed E-state index contributed by atoms with van der Waals surface area (Å²) in [5.74, 6) is 0.545. The molecule has 2 unspecified atom stereocenters. The Morgan fingerprint density at radius 3 is 2.44 bits per heavy atom. The van der Waals surface area contributed by atoms with Crippen molar-refractivity contribution in [1.82, 2.24) is 0 Å². The van der Waals surface area contributed by atoms with Crippen molar-refractivity contribution in [2.24, 2.45) is 5.92 Å². The fourth-order valence-corrected chi connectivity index (χ4v) is 3.31. The van der Waals surface area contributed by atoms with Gasteiger partial charge in [0.25, 0.3) is 0 Å². The summed E-state index contributed by atoms with van der Waals surface area (Å²) in [6, 6.07) is 0. The minimum atomic E-state index is -1.48. The van der Waals surface area contributed by atoms with Crippen LogP contribution in [0.2, 0.25) is 19.6 Å². The summed E-state index contributed by atoms with van der Waals surface area (Å²) in [6.07, 6.45) is 10.1. The van der Waals surface area contributed by atoms with Gasteiger partial charge < -0.3 is 4.43 Å². The van der Waals surface area contributed by atoms with Crippen molar-refractivity contribution in [3.63, 3.8) is 0 Å². The Hall–Kier alpha value is -0.563. The van der Waals surface area contributed by atoms with E-state index in [2.05, 4.69) is 51.5 Å². The van der Waals surface area contributed by atoms with E-state index in [0.29, 0.717) is 12.0 Å². The number of hydrogen-bond acceptors (Lipinski definition) is 1. The molecule has 0 rings (SSSR count). The Balaban J connectivity index is 4.48. The van der Waals surface area contributed by atoms with E-state index < -0.39 is 8.32 Å². The van der Waals surface area contributed by atoms with Gasteiger partial charge in [-0.25, -0.2) is 0 Å². The zero-order valence-corrected chi connectivity index (χ0v) is 13.7. The Morgan fingerprint density at radius 1 is 1.33 bits per heavy atom. The topological polar surface area (TPSA) is 9.23 Å². The molecule has 18 heavy (non-hydrogen) atoms. The summed E-state index contributed by atoms with van der Waals surface area (Å²) >= 11 is 0. The average molecular weight is 267 g/mol. The largest absolute Gasteiger partial charge is 0.414 e. The summed E-state index contributed by atoms with van der Waals surface area (Å²) in [7, 11) is -1.48. The molecule has 2 atom stereocenters. The molecule has 0 aromatic carbocycles. The number of rotatable bonds is 10. The Labute approximate surface area is 115 Å². The monoisotopic (exact) mass is 266 g/mol. The zero-order valence-electron chi connectivity index (χ0n) is 12.7. The van der Waals surface area contributed by atoms with Crippen LogP contribution in [0, 0.1) is 5.92 Å². The molecule has 0 aromatic rings. The summed E-state index contributed by atoms with van der Waals surface area (Å²) in [4.78, 5) is 0. The second-order valence-corrected chi connectivity index (χ2v) is 10.3. The molecule has 0 heterocycles. The highest BCUT2D eigenvalue weighted by Crippen LogP contribution is 2.22. The van der Waals surface area contributed by atoms with Crippen LogP contribution in [0.3, 0.4) is 0 Å². The molecule has 2 heteroatoms. The fraction of sp³-hybridized carbons (Fsp3) is 0.688. The lowest BCUT2D eigenvalue weighted by molar-refractivity contribution is 0.169. The third-order valence-corrected chi connectivity index (χ3v) is 3.84. The minimum absolute atomic E-state index is 0.306. The van der Waals surface area contributed by atoms with Crippen LogP contribution in [-0.2, 0) is 4.43 Å². The Bertz CT molecular complexity index is 271. The van der Waals surface area contributed by atoms with Gasteiger partial charge in [0.05, 0.1) is 0 Å². The van der Waals surface area contributed by atoms with E-state index in [1.807, 2.05) is 6.08 Å². The molecule has 0 saturated carbocycles. The molecule has 0 aliphatic carbocycles. The second kappa shape index (κ2) is 9.38. The van der Waals surface area contributed by atoms with Crippen LogP contribution in [0.1, 0.15) is 39.0 Å². The molecule has 104 valence electrons. The molecule has 0 aromatic heterocycles. The van der Waals surface area contributed by atoms with E-state index in [1.54, 1.807) is 0 Å². The lowest BCUT2D eigenvalue weighted by Gasteiger charge is -2.28. The van der Waals surface area contributed by atoms with E-state index in [9.17, 15) is 0 Å². The lowest BCUT2D eigenvalue weighted by Crippen LogP contribution is -2.32. The smallest absolute Gasteiger partial charge is 0.184 e.